The molecule has 108 valence electrons. The predicted octanol–water partition coefficient (Wildman–Crippen LogP) is 2.06. The van der Waals surface area contributed by atoms with Gasteiger partial charge >= 0.3 is 5.97 Å². The summed E-state index contributed by atoms with van der Waals surface area (Å²) in [6.07, 6.45) is 0.652. The smallest absolute Gasteiger partial charge is 0.335 e. The van der Waals surface area contributed by atoms with E-state index in [4.69, 9.17) is 10.2 Å². The Morgan fingerprint density at radius 1 is 0.905 bits per heavy atom. The zero-order valence-electron chi connectivity index (χ0n) is 11.2. The van der Waals surface area contributed by atoms with Gasteiger partial charge in [-0.25, -0.2) is 4.79 Å². The average Bonchev–Trinajstić information content (AvgIpc) is 2.49. The summed E-state index contributed by atoms with van der Waals surface area (Å²) in [6.45, 7) is 0.463. The number of carbonyl (C=O) groups is 2. The number of carboxylic acids is 1. The van der Waals surface area contributed by atoms with Gasteiger partial charge in [0.15, 0.2) is 0 Å². The van der Waals surface area contributed by atoms with Crippen LogP contribution < -0.4 is 5.32 Å². The number of nitrogens with one attached hydrogen (secondary N) is 1. The lowest BCUT2D eigenvalue weighted by Gasteiger charge is -2.06. The number of phenolic OH excluding ortho intramolecular Hbond substituents is 1. The van der Waals surface area contributed by atoms with Gasteiger partial charge in [-0.1, -0.05) is 12.1 Å². The van der Waals surface area contributed by atoms with Gasteiger partial charge in [0.1, 0.15) is 5.75 Å². The Balaban J connectivity index is 1.86. The van der Waals surface area contributed by atoms with Crippen molar-refractivity contribution in [2.24, 2.45) is 0 Å². The topological polar surface area (TPSA) is 86.6 Å². The lowest BCUT2D eigenvalue weighted by atomic mass is 10.1. The van der Waals surface area contributed by atoms with Crippen LogP contribution in [-0.4, -0.2) is 28.6 Å². The first-order chi connectivity index (χ1) is 10.1. The van der Waals surface area contributed by atoms with Crippen molar-refractivity contribution >= 4 is 11.9 Å². The van der Waals surface area contributed by atoms with Crippen molar-refractivity contribution in [1.29, 1.82) is 0 Å². The van der Waals surface area contributed by atoms with Gasteiger partial charge < -0.3 is 15.5 Å². The quantitative estimate of drug-likeness (QED) is 0.784. The van der Waals surface area contributed by atoms with E-state index in [1.165, 1.54) is 24.3 Å². The molecular formula is C16H15NO4. The Labute approximate surface area is 121 Å². The molecule has 21 heavy (non-hydrogen) atoms. The Bertz CT molecular complexity index is 632. The highest BCUT2D eigenvalue weighted by Crippen LogP contribution is 2.10. The highest BCUT2D eigenvalue weighted by molar-refractivity contribution is 5.95. The standard InChI is InChI=1S/C16H15NO4/c18-14-7-1-11(2-8-14)9-10-17-15(19)12-3-5-13(6-4-12)16(20)21/h1-8,18H,9-10H2,(H,17,19)(H,20,21). The fraction of sp³-hybridized carbons (Fsp3) is 0.125. The lowest BCUT2D eigenvalue weighted by Crippen LogP contribution is -2.25. The monoisotopic (exact) mass is 285 g/mol. The summed E-state index contributed by atoms with van der Waals surface area (Å²) in [5.41, 5.74) is 1.58. The summed E-state index contributed by atoms with van der Waals surface area (Å²) in [6, 6.07) is 12.6. The van der Waals surface area contributed by atoms with E-state index in [-0.39, 0.29) is 17.2 Å². The molecule has 0 saturated heterocycles. The number of amides is 1. The van der Waals surface area contributed by atoms with Gasteiger partial charge in [-0.15, -0.1) is 0 Å². The van der Waals surface area contributed by atoms with Crippen molar-refractivity contribution in [1.82, 2.24) is 5.32 Å². The van der Waals surface area contributed by atoms with Gasteiger partial charge in [-0.05, 0) is 48.4 Å². The van der Waals surface area contributed by atoms with E-state index >= 15 is 0 Å². The molecule has 5 heteroatoms. The fourth-order valence-corrected chi connectivity index (χ4v) is 1.85. The van der Waals surface area contributed by atoms with Crippen LogP contribution in [0, 0.1) is 0 Å². The second-order valence-electron chi connectivity index (χ2n) is 4.55. The maximum absolute atomic E-state index is 11.9. The van der Waals surface area contributed by atoms with Gasteiger partial charge in [-0.2, -0.15) is 0 Å². The van der Waals surface area contributed by atoms with Crippen LogP contribution in [-0.2, 0) is 6.42 Å². The molecule has 0 aliphatic rings. The van der Waals surface area contributed by atoms with Crippen LogP contribution in [0.25, 0.3) is 0 Å². The van der Waals surface area contributed by atoms with Crippen molar-refractivity contribution in [3.05, 3.63) is 65.2 Å². The molecule has 0 saturated carbocycles. The van der Waals surface area contributed by atoms with Crippen LogP contribution in [0.1, 0.15) is 26.3 Å². The van der Waals surface area contributed by atoms with Crippen LogP contribution in [0.2, 0.25) is 0 Å². The maximum atomic E-state index is 11.9. The number of hydrogen-bond acceptors (Lipinski definition) is 3. The Morgan fingerprint density at radius 2 is 1.48 bits per heavy atom. The summed E-state index contributed by atoms with van der Waals surface area (Å²) in [7, 11) is 0. The molecule has 0 bridgehead atoms. The summed E-state index contributed by atoms with van der Waals surface area (Å²) < 4.78 is 0. The molecule has 3 N–H and O–H groups in total. The summed E-state index contributed by atoms with van der Waals surface area (Å²) in [4.78, 5) is 22.6. The number of carbonyl (C=O) groups excluding carboxylic acids is 1. The number of aromatic hydroxyl groups is 1. The Kier molecular flexibility index (Phi) is 4.56. The van der Waals surface area contributed by atoms with E-state index in [0.29, 0.717) is 18.5 Å². The number of phenols is 1. The first-order valence-corrected chi connectivity index (χ1v) is 6.46. The van der Waals surface area contributed by atoms with Gasteiger partial charge in [-0.3, -0.25) is 4.79 Å². The Morgan fingerprint density at radius 3 is 2.05 bits per heavy atom. The number of hydrogen-bond donors (Lipinski definition) is 3. The number of aromatic carboxylic acids is 1. The minimum atomic E-state index is -1.02. The van der Waals surface area contributed by atoms with E-state index in [9.17, 15) is 9.59 Å². The van der Waals surface area contributed by atoms with Gasteiger partial charge in [0.25, 0.3) is 5.91 Å². The third-order valence-electron chi connectivity index (χ3n) is 3.03. The molecule has 0 aliphatic carbocycles. The molecule has 0 fully saturated rings. The second kappa shape index (κ2) is 6.56. The molecule has 0 unspecified atom stereocenters. The molecule has 5 nitrogen and oxygen atoms in total. The van der Waals surface area contributed by atoms with Crippen LogP contribution in [0.3, 0.4) is 0 Å². The van der Waals surface area contributed by atoms with Crippen molar-refractivity contribution in [2.75, 3.05) is 6.54 Å². The van der Waals surface area contributed by atoms with Crippen molar-refractivity contribution in [3.8, 4) is 5.75 Å². The van der Waals surface area contributed by atoms with E-state index in [0.717, 1.165) is 5.56 Å². The number of rotatable bonds is 5. The summed E-state index contributed by atoms with van der Waals surface area (Å²) in [5.74, 6) is -1.05. The van der Waals surface area contributed by atoms with Crippen molar-refractivity contribution in [2.45, 2.75) is 6.42 Å². The highest BCUT2D eigenvalue weighted by atomic mass is 16.4. The molecule has 0 atom stereocenters. The normalized spacial score (nSPS) is 10.1. The third-order valence-corrected chi connectivity index (χ3v) is 3.03. The van der Waals surface area contributed by atoms with E-state index in [1.807, 2.05) is 0 Å². The molecule has 1 amide bonds. The molecule has 2 rings (SSSR count). The van der Waals surface area contributed by atoms with Crippen LogP contribution >= 0.6 is 0 Å². The first-order valence-electron chi connectivity index (χ1n) is 6.46. The zero-order chi connectivity index (χ0) is 15.2. The van der Waals surface area contributed by atoms with E-state index < -0.39 is 5.97 Å². The van der Waals surface area contributed by atoms with Crippen LogP contribution in [0.15, 0.2) is 48.5 Å². The predicted molar refractivity (Wildman–Crippen MR) is 77.5 cm³/mol. The molecule has 2 aromatic carbocycles. The second-order valence-corrected chi connectivity index (χ2v) is 4.55. The van der Waals surface area contributed by atoms with Crippen LogP contribution in [0.4, 0.5) is 0 Å². The zero-order valence-corrected chi connectivity index (χ0v) is 11.2. The van der Waals surface area contributed by atoms with Crippen molar-refractivity contribution < 1.29 is 19.8 Å². The first kappa shape index (κ1) is 14.6. The molecule has 0 heterocycles. The maximum Gasteiger partial charge on any atom is 0.335 e. The molecular weight excluding hydrogens is 270 g/mol. The number of benzene rings is 2. The minimum Gasteiger partial charge on any atom is -0.508 e. The summed E-state index contributed by atoms with van der Waals surface area (Å²) in [5, 5.41) is 20.7. The van der Waals surface area contributed by atoms with Crippen molar-refractivity contribution in [3.63, 3.8) is 0 Å². The van der Waals surface area contributed by atoms with E-state index in [2.05, 4.69) is 5.32 Å². The molecule has 2 aromatic rings. The number of carboxylic acid groups (broad SMARTS) is 1. The molecule has 0 spiro atoms. The average molecular weight is 285 g/mol. The SMILES string of the molecule is O=C(O)c1ccc(C(=O)NCCc2ccc(O)cc2)cc1. The summed E-state index contributed by atoms with van der Waals surface area (Å²) >= 11 is 0. The molecule has 0 aliphatic heterocycles. The van der Waals surface area contributed by atoms with Crippen LogP contribution in [0.5, 0.6) is 5.75 Å². The van der Waals surface area contributed by atoms with E-state index in [1.54, 1.807) is 24.3 Å². The molecule has 0 aromatic heterocycles. The van der Waals surface area contributed by atoms with Gasteiger partial charge in [0.2, 0.25) is 0 Å². The third kappa shape index (κ3) is 4.07. The highest BCUT2D eigenvalue weighted by Gasteiger charge is 2.07. The minimum absolute atomic E-state index is 0.149. The van der Waals surface area contributed by atoms with Gasteiger partial charge in [0, 0.05) is 12.1 Å². The Hall–Kier alpha value is -2.82. The lowest BCUT2D eigenvalue weighted by molar-refractivity contribution is 0.0696. The molecule has 0 radical (unpaired) electrons. The fourth-order valence-electron chi connectivity index (χ4n) is 1.85. The van der Waals surface area contributed by atoms with Gasteiger partial charge in [0.05, 0.1) is 5.56 Å². The largest absolute Gasteiger partial charge is 0.508 e.